The summed E-state index contributed by atoms with van der Waals surface area (Å²) in [4.78, 5) is 0. The van der Waals surface area contributed by atoms with Crippen LogP contribution in [0.3, 0.4) is 0 Å². The molecule has 2 aromatic carbocycles. The van der Waals surface area contributed by atoms with Gasteiger partial charge >= 0.3 is 0 Å². The van der Waals surface area contributed by atoms with E-state index < -0.39 is 17.5 Å². The largest absolute Gasteiger partial charge is 0.489 e. The van der Waals surface area contributed by atoms with Gasteiger partial charge in [-0.1, -0.05) is 0 Å². The Morgan fingerprint density at radius 3 is 2.26 bits per heavy atom. The summed E-state index contributed by atoms with van der Waals surface area (Å²) in [7, 11) is 0. The van der Waals surface area contributed by atoms with Crippen LogP contribution in [0.4, 0.5) is 13.2 Å². The number of benzene rings is 2. The molecule has 0 spiro atoms. The van der Waals surface area contributed by atoms with Crippen LogP contribution >= 0.6 is 31.9 Å². The number of ether oxygens (including phenoxy) is 1. The van der Waals surface area contributed by atoms with Crippen LogP contribution < -0.4 is 4.74 Å². The molecule has 0 aliphatic heterocycles. The van der Waals surface area contributed by atoms with Gasteiger partial charge in [0.1, 0.15) is 29.8 Å². The molecule has 0 N–H and O–H groups in total. The summed E-state index contributed by atoms with van der Waals surface area (Å²) in [6, 6.07) is 6.50. The highest BCUT2D eigenvalue weighted by Crippen LogP contribution is 2.25. The van der Waals surface area contributed by atoms with Crippen LogP contribution in [0.1, 0.15) is 5.56 Å². The maximum absolute atomic E-state index is 13.7. The van der Waals surface area contributed by atoms with Crippen molar-refractivity contribution in [1.82, 2.24) is 0 Å². The van der Waals surface area contributed by atoms with E-state index in [1.54, 1.807) is 0 Å². The smallest absolute Gasteiger partial charge is 0.146 e. The van der Waals surface area contributed by atoms with E-state index in [0.717, 1.165) is 12.1 Å². The van der Waals surface area contributed by atoms with Gasteiger partial charge in [-0.3, -0.25) is 0 Å². The molecule has 0 heterocycles. The first-order valence-corrected chi connectivity index (χ1v) is 6.78. The molecule has 0 aromatic heterocycles. The van der Waals surface area contributed by atoms with Crippen molar-refractivity contribution < 1.29 is 17.9 Å². The van der Waals surface area contributed by atoms with Crippen molar-refractivity contribution >= 4 is 31.9 Å². The third-order valence-corrected chi connectivity index (χ3v) is 3.67. The van der Waals surface area contributed by atoms with Gasteiger partial charge in [0.05, 0.1) is 14.5 Å². The van der Waals surface area contributed by atoms with E-state index in [9.17, 15) is 13.2 Å². The summed E-state index contributed by atoms with van der Waals surface area (Å²) in [5, 5.41) is 0. The summed E-state index contributed by atoms with van der Waals surface area (Å²) in [5.74, 6) is -1.75. The van der Waals surface area contributed by atoms with Gasteiger partial charge in [-0.25, -0.2) is 13.2 Å². The first-order chi connectivity index (χ1) is 8.99. The van der Waals surface area contributed by atoms with Gasteiger partial charge in [0.2, 0.25) is 0 Å². The lowest BCUT2D eigenvalue weighted by Crippen LogP contribution is -2.02. The molecular weight excluding hydrogens is 389 g/mol. The first-order valence-electron chi connectivity index (χ1n) is 5.19. The van der Waals surface area contributed by atoms with Gasteiger partial charge in [-0.05, 0) is 56.1 Å². The van der Waals surface area contributed by atoms with E-state index in [2.05, 4.69) is 31.9 Å². The van der Waals surface area contributed by atoms with Gasteiger partial charge in [0, 0.05) is 6.07 Å². The zero-order chi connectivity index (χ0) is 14.0. The molecule has 0 atom stereocenters. The minimum atomic E-state index is -0.724. The number of hydrogen-bond donors (Lipinski definition) is 0. The first kappa shape index (κ1) is 14.4. The van der Waals surface area contributed by atoms with Crippen molar-refractivity contribution in [2.45, 2.75) is 6.61 Å². The third kappa shape index (κ3) is 3.30. The summed E-state index contributed by atoms with van der Waals surface area (Å²) in [6.07, 6.45) is 0. The van der Waals surface area contributed by atoms with Crippen molar-refractivity contribution in [2.24, 2.45) is 0 Å². The fourth-order valence-electron chi connectivity index (χ4n) is 1.42. The fraction of sp³-hybridized carbons (Fsp3) is 0.0769. The maximum atomic E-state index is 13.7. The monoisotopic (exact) mass is 394 g/mol. The van der Waals surface area contributed by atoms with Crippen molar-refractivity contribution in [2.75, 3.05) is 0 Å². The Morgan fingerprint density at radius 2 is 1.58 bits per heavy atom. The molecule has 2 aromatic rings. The van der Waals surface area contributed by atoms with Crippen LogP contribution in [0.2, 0.25) is 0 Å². The quantitative estimate of drug-likeness (QED) is 0.648. The summed E-state index contributed by atoms with van der Waals surface area (Å²) < 4.78 is 46.0. The van der Waals surface area contributed by atoms with Crippen LogP contribution in [0, 0.1) is 17.5 Å². The van der Waals surface area contributed by atoms with Gasteiger partial charge in [0.25, 0.3) is 0 Å². The predicted molar refractivity (Wildman–Crippen MR) is 72.5 cm³/mol. The van der Waals surface area contributed by atoms with Crippen LogP contribution in [-0.4, -0.2) is 0 Å². The summed E-state index contributed by atoms with van der Waals surface area (Å²) >= 11 is 5.97. The summed E-state index contributed by atoms with van der Waals surface area (Å²) in [6.45, 7) is -0.321. The molecule has 0 fully saturated rings. The molecule has 19 heavy (non-hydrogen) atoms. The van der Waals surface area contributed by atoms with E-state index in [0.29, 0.717) is 4.47 Å². The molecule has 6 heteroatoms. The zero-order valence-electron chi connectivity index (χ0n) is 9.39. The second kappa shape index (κ2) is 5.96. The molecule has 0 aliphatic rings. The molecule has 100 valence electrons. The Morgan fingerprint density at radius 1 is 0.895 bits per heavy atom. The Kier molecular flexibility index (Phi) is 4.52. The number of hydrogen-bond acceptors (Lipinski definition) is 1. The highest BCUT2D eigenvalue weighted by molar-refractivity contribution is 9.10. The van der Waals surface area contributed by atoms with E-state index in [4.69, 9.17) is 4.74 Å². The molecule has 0 aliphatic carbocycles. The molecular formula is C13H7Br2F3O. The van der Waals surface area contributed by atoms with Gasteiger partial charge in [-0.2, -0.15) is 0 Å². The lowest BCUT2D eigenvalue weighted by Gasteiger charge is -2.09. The van der Waals surface area contributed by atoms with Crippen LogP contribution in [0.15, 0.2) is 39.3 Å². The number of halogens is 5. The molecule has 0 amide bonds. The Bertz CT molecular complexity index is 617. The molecule has 0 unspecified atom stereocenters. The second-order valence-electron chi connectivity index (χ2n) is 3.69. The minimum Gasteiger partial charge on any atom is -0.489 e. The average Bonchev–Trinajstić information content (AvgIpc) is 2.38. The molecule has 1 nitrogen and oxygen atoms in total. The standard InChI is InChI=1S/C13H7Br2F3O/c14-9-2-1-7(5-12(9)17)19-6-8-11(16)4-3-10(15)13(8)18/h1-5H,6H2. The zero-order valence-corrected chi connectivity index (χ0v) is 12.6. The highest BCUT2D eigenvalue weighted by Gasteiger charge is 2.13. The van der Waals surface area contributed by atoms with E-state index in [-0.39, 0.29) is 22.4 Å². The van der Waals surface area contributed by atoms with Crippen LogP contribution in [0.25, 0.3) is 0 Å². The average molecular weight is 396 g/mol. The molecule has 0 saturated carbocycles. The van der Waals surface area contributed by atoms with Crippen molar-refractivity contribution in [1.29, 1.82) is 0 Å². The molecule has 0 bridgehead atoms. The van der Waals surface area contributed by atoms with Gasteiger partial charge in [0.15, 0.2) is 0 Å². The minimum absolute atomic E-state index is 0.148. The molecule has 2 rings (SSSR count). The Labute approximate surface area is 124 Å². The predicted octanol–water partition coefficient (Wildman–Crippen LogP) is 5.21. The van der Waals surface area contributed by atoms with Crippen LogP contribution in [0.5, 0.6) is 5.75 Å². The second-order valence-corrected chi connectivity index (χ2v) is 5.40. The van der Waals surface area contributed by atoms with E-state index in [1.165, 1.54) is 18.2 Å². The fourth-order valence-corrected chi connectivity index (χ4v) is 2.04. The Hall–Kier alpha value is -1.01. The lowest BCUT2D eigenvalue weighted by atomic mass is 10.2. The SMILES string of the molecule is Fc1cc(OCc2c(F)ccc(Br)c2F)ccc1Br. The molecule has 0 saturated heterocycles. The normalized spacial score (nSPS) is 10.6. The van der Waals surface area contributed by atoms with E-state index >= 15 is 0 Å². The number of rotatable bonds is 3. The highest BCUT2D eigenvalue weighted by atomic mass is 79.9. The third-order valence-electron chi connectivity index (χ3n) is 2.41. The van der Waals surface area contributed by atoms with Gasteiger partial charge < -0.3 is 4.74 Å². The van der Waals surface area contributed by atoms with E-state index in [1.807, 2.05) is 0 Å². The van der Waals surface area contributed by atoms with Crippen LogP contribution in [-0.2, 0) is 6.61 Å². The van der Waals surface area contributed by atoms with Crippen molar-refractivity contribution in [3.63, 3.8) is 0 Å². The van der Waals surface area contributed by atoms with Crippen molar-refractivity contribution in [3.05, 3.63) is 62.3 Å². The molecule has 0 radical (unpaired) electrons. The maximum Gasteiger partial charge on any atom is 0.146 e. The lowest BCUT2D eigenvalue weighted by molar-refractivity contribution is 0.290. The topological polar surface area (TPSA) is 9.23 Å². The summed E-state index contributed by atoms with van der Waals surface area (Å²) in [5.41, 5.74) is -0.210. The van der Waals surface area contributed by atoms with Crippen molar-refractivity contribution in [3.8, 4) is 5.75 Å². The Balaban J connectivity index is 2.19. The van der Waals surface area contributed by atoms with Gasteiger partial charge in [-0.15, -0.1) is 0 Å².